The minimum absolute atomic E-state index is 0.0794. The van der Waals surface area contributed by atoms with Crippen molar-refractivity contribution >= 4 is 53.6 Å². The van der Waals surface area contributed by atoms with Crippen LogP contribution in [0.25, 0.3) is 10.8 Å². The molecule has 0 radical (unpaired) electrons. The Balaban J connectivity index is 1.26. The Bertz CT molecular complexity index is 1760. The van der Waals surface area contributed by atoms with E-state index in [2.05, 4.69) is 86.6 Å². The second kappa shape index (κ2) is 15.4. The van der Waals surface area contributed by atoms with Gasteiger partial charge in [0.15, 0.2) is 0 Å². The highest BCUT2D eigenvalue weighted by Crippen LogP contribution is 2.36. The fourth-order valence-electron chi connectivity index (χ4n) is 7.66. The van der Waals surface area contributed by atoms with Crippen molar-refractivity contribution in [2.24, 2.45) is 0 Å². The van der Waals surface area contributed by atoms with Gasteiger partial charge in [-0.25, -0.2) is 4.39 Å². The van der Waals surface area contributed by atoms with Gasteiger partial charge < -0.3 is 24.3 Å². The lowest BCUT2D eigenvalue weighted by Crippen LogP contribution is -2.55. The molecule has 3 aliphatic rings. The van der Waals surface area contributed by atoms with Crippen LogP contribution >= 0.6 is 15.9 Å². The second-order valence-corrected chi connectivity index (χ2v) is 16.3. The number of nitrogens with zero attached hydrogens (tertiary/aromatic N) is 7. The van der Waals surface area contributed by atoms with Crippen LogP contribution in [0.4, 0.5) is 15.9 Å². The Hall–Kier alpha value is -3.79. The van der Waals surface area contributed by atoms with Crippen LogP contribution in [0.3, 0.4) is 0 Å². The Kier molecular flexibility index (Phi) is 11.0. The largest absolute Gasteiger partial charge is 0.464 e. The van der Waals surface area contributed by atoms with Gasteiger partial charge in [-0.2, -0.15) is 15.2 Å². The molecule has 9 nitrogen and oxygen atoms in total. The van der Waals surface area contributed by atoms with Gasteiger partial charge in [-0.15, -0.1) is 0 Å². The molecule has 6 rings (SSSR count). The predicted molar refractivity (Wildman–Crippen MR) is 200 cm³/mol. The number of aromatic nitrogens is 2. The molecule has 0 N–H and O–H groups in total. The highest BCUT2D eigenvalue weighted by molar-refractivity contribution is 9.09. The number of alkyl halides is 2. The number of amides is 1. The number of carbonyl (C=O) groups is 1. The molecule has 4 heterocycles. The molecule has 0 saturated carbocycles. The Morgan fingerprint density at radius 1 is 1.22 bits per heavy atom. The average Bonchev–Trinajstić information content (AvgIpc) is 3.41. The fraction of sp³-hybridized carbons (Fsp3) is 0.459. The van der Waals surface area contributed by atoms with Gasteiger partial charge in [-0.3, -0.25) is 4.79 Å². The predicted octanol–water partition coefficient (Wildman–Crippen LogP) is 4.90. The molecule has 3 atom stereocenters. The molecule has 3 aromatic rings. The lowest BCUT2D eigenvalue weighted by Gasteiger charge is -2.42. The molecule has 12 heteroatoms. The third-order valence-electron chi connectivity index (χ3n) is 10.2. The van der Waals surface area contributed by atoms with Crippen LogP contribution in [-0.2, 0) is 17.8 Å². The van der Waals surface area contributed by atoms with Gasteiger partial charge in [0.25, 0.3) is 0 Å². The summed E-state index contributed by atoms with van der Waals surface area (Å²) < 4.78 is 21.2. The standard InChI is InChI=1S/C37H45BrFN7O2Si/c1-4-37(39)22-33(43(3)25-37)49-21-20-48-36-41-30-24-44(31-11-6-10-27-9-5-8-26(2)34(27)31)17-14-29(30)35(42-36)45-18-19-46(28(23-45)13-16-40)32(47)12-7-15-38/h4-12,28,33H,1,13-15,17-25,49H2,2-3H3/b12-7+/t28-,33?,37?/m0/s1. The monoisotopic (exact) mass is 745 g/mol. The number of benzene rings is 2. The maximum atomic E-state index is 14.9. The quantitative estimate of drug-likeness (QED) is 0.0901. The summed E-state index contributed by atoms with van der Waals surface area (Å²) in [5, 5.41) is 12.7. The number of ether oxygens (including phenoxy) is 1. The number of piperazine rings is 1. The van der Waals surface area contributed by atoms with Gasteiger partial charge in [-0.05, 0) is 61.6 Å². The normalized spacial score (nSPS) is 23.0. The summed E-state index contributed by atoms with van der Waals surface area (Å²) >= 11 is 3.35. The van der Waals surface area contributed by atoms with Crippen LogP contribution in [0.5, 0.6) is 6.01 Å². The van der Waals surface area contributed by atoms with Crippen LogP contribution in [0.15, 0.2) is 61.2 Å². The van der Waals surface area contributed by atoms with E-state index in [9.17, 15) is 14.4 Å². The third-order valence-corrected chi connectivity index (χ3v) is 12.8. The molecular weight excluding hydrogens is 701 g/mol. The van der Waals surface area contributed by atoms with E-state index < -0.39 is 15.2 Å². The number of fused-ring (bicyclic) bond motifs is 2. The van der Waals surface area contributed by atoms with Crippen molar-refractivity contribution in [2.45, 2.75) is 56.2 Å². The summed E-state index contributed by atoms with van der Waals surface area (Å²) in [6.45, 7) is 9.78. The first-order valence-electron chi connectivity index (χ1n) is 17.2. The number of rotatable bonds is 11. The van der Waals surface area contributed by atoms with Crippen LogP contribution in [0, 0.1) is 18.3 Å². The Morgan fingerprint density at radius 3 is 2.80 bits per heavy atom. The molecule has 1 aromatic heterocycles. The topological polar surface area (TPSA) is 88.8 Å². The molecule has 49 heavy (non-hydrogen) atoms. The van der Waals surface area contributed by atoms with E-state index in [1.165, 1.54) is 28.1 Å². The highest BCUT2D eigenvalue weighted by Gasteiger charge is 2.40. The third kappa shape index (κ3) is 7.69. The van der Waals surface area contributed by atoms with Gasteiger partial charge in [-0.1, -0.05) is 65.0 Å². The van der Waals surface area contributed by atoms with E-state index in [1.807, 2.05) is 7.05 Å². The van der Waals surface area contributed by atoms with E-state index in [0.717, 1.165) is 36.1 Å². The zero-order valence-corrected chi connectivity index (χ0v) is 31.5. The second-order valence-electron chi connectivity index (χ2n) is 13.4. The molecule has 0 spiro atoms. The maximum absolute atomic E-state index is 14.9. The van der Waals surface area contributed by atoms with Gasteiger partial charge in [0.1, 0.15) is 11.5 Å². The molecule has 1 amide bonds. The number of halogens is 2. The lowest BCUT2D eigenvalue weighted by atomic mass is 9.99. The number of hydrogen-bond donors (Lipinski definition) is 0. The molecule has 0 bridgehead atoms. The van der Waals surface area contributed by atoms with Crippen LogP contribution in [0.2, 0.25) is 6.04 Å². The fourth-order valence-corrected chi connectivity index (χ4v) is 9.88. The number of likely N-dealkylation sites (tertiary alicyclic amines) is 1. The summed E-state index contributed by atoms with van der Waals surface area (Å²) in [4.78, 5) is 31.5. The summed E-state index contributed by atoms with van der Waals surface area (Å²) in [6, 6.07) is 16.1. The van der Waals surface area contributed by atoms with Crippen molar-refractivity contribution in [3.63, 3.8) is 0 Å². The first-order chi connectivity index (χ1) is 23.7. The summed E-state index contributed by atoms with van der Waals surface area (Å²) in [5.74, 6) is 0.755. The summed E-state index contributed by atoms with van der Waals surface area (Å²) in [6.07, 6.45) is 6.32. The molecule has 2 unspecified atom stereocenters. The molecule has 0 aliphatic carbocycles. The van der Waals surface area contributed by atoms with Gasteiger partial charge in [0, 0.05) is 64.2 Å². The molecule has 2 aromatic carbocycles. The number of allylic oxidation sites excluding steroid dienone is 1. The first-order valence-corrected chi connectivity index (χ1v) is 20.1. The Morgan fingerprint density at radius 2 is 2.04 bits per heavy atom. The zero-order chi connectivity index (χ0) is 34.5. The van der Waals surface area contributed by atoms with E-state index in [4.69, 9.17) is 14.7 Å². The SMILES string of the molecule is C=CC1(F)CC([SiH2]CCOc2nc3c(c(N4CCN(C(=O)/C=C/CBr)[C@@H](CC#N)C4)n2)CCN(c2cccc4cccc(C)c24)C3)N(C)C1. The highest BCUT2D eigenvalue weighted by atomic mass is 79.9. The number of anilines is 2. The van der Waals surface area contributed by atoms with Crippen molar-refractivity contribution in [1.82, 2.24) is 19.8 Å². The number of nitriles is 1. The molecular formula is C37H45BrFN7O2Si. The minimum Gasteiger partial charge on any atom is -0.464 e. The molecule has 3 aliphatic heterocycles. The number of hydrogen-bond acceptors (Lipinski definition) is 8. The maximum Gasteiger partial charge on any atom is 0.318 e. The van der Waals surface area contributed by atoms with Crippen molar-refractivity contribution in [1.29, 1.82) is 5.26 Å². The van der Waals surface area contributed by atoms with Crippen LogP contribution < -0.4 is 14.5 Å². The van der Waals surface area contributed by atoms with Crippen LogP contribution in [-0.4, -0.2) is 104 Å². The average molecular weight is 747 g/mol. The van der Waals surface area contributed by atoms with E-state index in [-0.39, 0.29) is 24.0 Å². The summed E-state index contributed by atoms with van der Waals surface area (Å²) in [5.41, 5.74) is 3.43. The van der Waals surface area contributed by atoms with Crippen molar-refractivity contribution in [3.8, 4) is 12.1 Å². The van der Waals surface area contributed by atoms with Crippen LogP contribution in [0.1, 0.15) is 29.7 Å². The minimum atomic E-state index is -1.31. The van der Waals surface area contributed by atoms with E-state index in [1.54, 1.807) is 17.1 Å². The first kappa shape index (κ1) is 35.0. The number of carbonyl (C=O) groups excluding carboxylic acids is 1. The van der Waals surface area contributed by atoms with Gasteiger partial charge >= 0.3 is 6.01 Å². The molecule has 2 fully saturated rings. The lowest BCUT2D eigenvalue weighted by molar-refractivity contribution is -0.128. The molecule has 2 saturated heterocycles. The van der Waals surface area contributed by atoms with E-state index in [0.29, 0.717) is 57.1 Å². The van der Waals surface area contributed by atoms with Crippen molar-refractivity contribution in [2.75, 3.05) is 61.5 Å². The van der Waals surface area contributed by atoms with Crippen molar-refractivity contribution < 1.29 is 13.9 Å². The van der Waals surface area contributed by atoms with Gasteiger partial charge in [0.2, 0.25) is 5.91 Å². The summed E-state index contributed by atoms with van der Waals surface area (Å²) in [7, 11) is 1.36. The van der Waals surface area contributed by atoms with Crippen molar-refractivity contribution in [3.05, 3.63) is 78.0 Å². The van der Waals surface area contributed by atoms with E-state index >= 15 is 0 Å². The zero-order valence-electron chi connectivity index (χ0n) is 28.5. The molecule has 258 valence electrons. The number of aryl methyl sites for hydroxylation is 1. The Labute approximate surface area is 299 Å². The smallest absolute Gasteiger partial charge is 0.318 e. The van der Waals surface area contributed by atoms with Gasteiger partial charge in [0.05, 0.1) is 37.4 Å².